The Balaban J connectivity index is 1.63. The van der Waals surface area contributed by atoms with Gasteiger partial charge in [0.2, 0.25) is 5.91 Å². The minimum Gasteiger partial charge on any atom is -0.352 e. The SMILES string of the molecule is Cc1cccc([C@@H](CC(=O)N2CCC3(CC2)OCCO3)NC(N)=O)c1. The number of urea groups is 1. The second-order valence-electron chi connectivity index (χ2n) is 6.67. The van der Waals surface area contributed by atoms with E-state index in [-0.39, 0.29) is 12.3 Å². The molecule has 1 aromatic carbocycles. The third-order valence-corrected chi connectivity index (χ3v) is 4.83. The summed E-state index contributed by atoms with van der Waals surface area (Å²) < 4.78 is 11.4. The number of aryl methyl sites for hydroxylation is 1. The molecule has 1 aromatic rings. The molecule has 2 aliphatic rings. The summed E-state index contributed by atoms with van der Waals surface area (Å²) in [5.74, 6) is -0.508. The molecule has 7 nitrogen and oxygen atoms in total. The summed E-state index contributed by atoms with van der Waals surface area (Å²) in [7, 11) is 0. The summed E-state index contributed by atoms with van der Waals surface area (Å²) in [5, 5.41) is 2.68. The van der Waals surface area contributed by atoms with E-state index >= 15 is 0 Å². The number of rotatable bonds is 4. The van der Waals surface area contributed by atoms with E-state index in [0.29, 0.717) is 39.1 Å². The van der Waals surface area contributed by atoms with Crippen LogP contribution in [0.2, 0.25) is 0 Å². The van der Waals surface area contributed by atoms with E-state index in [1.165, 1.54) is 0 Å². The number of nitrogens with zero attached hydrogens (tertiary/aromatic N) is 1. The maximum Gasteiger partial charge on any atom is 0.312 e. The van der Waals surface area contributed by atoms with Gasteiger partial charge < -0.3 is 25.4 Å². The third kappa shape index (κ3) is 4.29. The predicted octanol–water partition coefficient (Wildman–Crippen LogP) is 1.46. The number of hydrogen-bond acceptors (Lipinski definition) is 4. The van der Waals surface area contributed by atoms with Crippen molar-refractivity contribution in [2.24, 2.45) is 5.73 Å². The first-order valence-electron chi connectivity index (χ1n) is 8.66. The van der Waals surface area contributed by atoms with Crippen LogP contribution in [0.1, 0.15) is 36.4 Å². The highest BCUT2D eigenvalue weighted by molar-refractivity contribution is 5.79. The molecule has 3 rings (SSSR count). The van der Waals surface area contributed by atoms with E-state index in [1.807, 2.05) is 36.1 Å². The number of carbonyl (C=O) groups excluding carboxylic acids is 2. The Morgan fingerprint density at radius 3 is 2.56 bits per heavy atom. The summed E-state index contributed by atoms with van der Waals surface area (Å²) in [6.07, 6.45) is 1.54. The van der Waals surface area contributed by atoms with Gasteiger partial charge in [-0.3, -0.25) is 4.79 Å². The Hall–Kier alpha value is -2.12. The molecule has 1 spiro atoms. The van der Waals surface area contributed by atoms with Crippen molar-refractivity contribution >= 4 is 11.9 Å². The molecule has 2 heterocycles. The molecule has 2 aliphatic heterocycles. The van der Waals surface area contributed by atoms with Gasteiger partial charge in [0.25, 0.3) is 0 Å². The largest absolute Gasteiger partial charge is 0.352 e. The molecule has 7 heteroatoms. The number of carbonyl (C=O) groups is 2. The number of hydrogen-bond donors (Lipinski definition) is 2. The lowest BCUT2D eigenvalue weighted by atomic mass is 9.99. The van der Waals surface area contributed by atoms with Gasteiger partial charge in [-0.1, -0.05) is 29.8 Å². The number of primary amides is 1. The van der Waals surface area contributed by atoms with Crippen molar-refractivity contribution in [2.75, 3.05) is 26.3 Å². The van der Waals surface area contributed by atoms with Crippen LogP contribution in [-0.4, -0.2) is 48.9 Å². The molecular weight excluding hydrogens is 322 g/mol. The van der Waals surface area contributed by atoms with Crippen molar-refractivity contribution < 1.29 is 19.1 Å². The van der Waals surface area contributed by atoms with Crippen LogP contribution in [0.3, 0.4) is 0 Å². The number of piperidine rings is 1. The molecule has 2 saturated heterocycles. The first-order valence-corrected chi connectivity index (χ1v) is 8.66. The lowest BCUT2D eigenvalue weighted by Crippen LogP contribution is -2.48. The summed E-state index contributed by atoms with van der Waals surface area (Å²) in [4.78, 5) is 25.9. The van der Waals surface area contributed by atoms with Gasteiger partial charge in [0, 0.05) is 25.9 Å². The Kier molecular flexibility index (Phi) is 5.24. The average Bonchev–Trinajstić information content (AvgIpc) is 3.02. The van der Waals surface area contributed by atoms with Gasteiger partial charge in [-0.15, -0.1) is 0 Å². The zero-order valence-corrected chi connectivity index (χ0v) is 14.5. The average molecular weight is 347 g/mol. The maximum absolute atomic E-state index is 12.7. The van der Waals surface area contributed by atoms with E-state index in [1.54, 1.807) is 0 Å². The highest BCUT2D eigenvalue weighted by atomic mass is 16.7. The molecule has 0 bridgehead atoms. The number of nitrogens with two attached hydrogens (primary N) is 1. The molecule has 1 atom stereocenters. The lowest BCUT2D eigenvalue weighted by molar-refractivity contribution is -0.187. The van der Waals surface area contributed by atoms with Crippen molar-refractivity contribution in [1.82, 2.24) is 10.2 Å². The summed E-state index contributed by atoms with van der Waals surface area (Å²) >= 11 is 0. The molecule has 0 unspecified atom stereocenters. The number of amides is 3. The fourth-order valence-corrected chi connectivity index (χ4v) is 3.50. The van der Waals surface area contributed by atoms with Crippen molar-refractivity contribution in [2.45, 2.75) is 38.0 Å². The summed E-state index contributed by atoms with van der Waals surface area (Å²) in [6, 6.07) is 6.66. The van der Waals surface area contributed by atoms with Crippen molar-refractivity contribution in [3.8, 4) is 0 Å². The van der Waals surface area contributed by atoms with Gasteiger partial charge in [-0.25, -0.2) is 4.79 Å². The van der Waals surface area contributed by atoms with Crippen LogP contribution in [0.15, 0.2) is 24.3 Å². The number of nitrogens with one attached hydrogen (secondary N) is 1. The second kappa shape index (κ2) is 7.41. The van der Waals surface area contributed by atoms with Crippen molar-refractivity contribution in [1.29, 1.82) is 0 Å². The number of likely N-dealkylation sites (tertiary alicyclic amines) is 1. The van der Waals surface area contributed by atoms with E-state index in [2.05, 4.69) is 5.32 Å². The van der Waals surface area contributed by atoms with Gasteiger partial charge in [0.1, 0.15) is 0 Å². The monoisotopic (exact) mass is 347 g/mol. The lowest BCUT2D eigenvalue weighted by Gasteiger charge is -2.38. The number of benzene rings is 1. The van der Waals surface area contributed by atoms with Gasteiger partial charge in [-0.2, -0.15) is 0 Å². The minimum absolute atomic E-state index is 0.00639. The van der Waals surface area contributed by atoms with Gasteiger partial charge in [0.15, 0.2) is 5.79 Å². The second-order valence-corrected chi connectivity index (χ2v) is 6.67. The highest BCUT2D eigenvalue weighted by Crippen LogP contribution is 2.32. The maximum atomic E-state index is 12.7. The van der Waals surface area contributed by atoms with Gasteiger partial charge >= 0.3 is 6.03 Å². The van der Waals surface area contributed by atoms with Crippen molar-refractivity contribution in [3.63, 3.8) is 0 Å². The zero-order chi connectivity index (χ0) is 17.9. The van der Waals surface area contributed by atoms with Crippen LogP contribution in [-0.2, 0) is 14.3 Å². The molecule has 0 aromatic heterocycles. The van der Waals surface area contributed by atoms with E-state index in [4.69, 9.17) is 15.2 Å². The Morgan fingerprint density at radius 1 is 1.28 bits per heavy atom. The van der Waals surface area contributed by atoms with E-state index < -0.39 is 17.9 Å². The van der Waals surface area contributed by atoms with Crippen LogP contribution >= 0.6 is 0 Å². The van der Waals surface area contributed by atoms with Gasteiger partial charge in [-0.05, 0) is 12.5 Å². The van der Waals surface area contributed by atoms with Crippen LogP contribution in [0.5, 0.6) is 0 Å². The van der Waals surface area contributed by atoms with Crippen LogP contribution in [0, 0.1) is 6.92 Å². The van der Waals surface area contributed by atoms with Crippen molar-refractivity contribution in [3.05, 3.63) is 35.4 Å². The summed E-state index contributed by atoms with van der Waals surface area (Å²) in [6.45, 7) is 4.39. The minimum atomic E-state index is -0.635. The molecule has 3 N–H and O–H groups in total. The molecular formula is C18H25N3O4. The topological polar surface area (TPSA) is 93.9 Å². The Morgan fingerprint density at radius 2 is 1.96 bits per heavy atom. The molecule has 3 amide bonds. The fourth-order valence-electron chi connectivity index (χ4n) is 3.50. The smallest absolute Gasteiger partial charge is 0.312 e. The summed E-state index contributed by atoms with van der Waals surface area (Å²) in [5.41, 5.74) is 7.24. The Bertz CT molecular complexity index is 633. The van der Waals surface area contributed by atoms with Crippen LogP contribution < -0.4 is 11.1 Å². The first kappa shape index (κ1) is 17.7. The van der Waals surface area contributed by atoms with E-state index in [9.17, 15) is 9.59 Å². The zero-order valence-electron chi connectivity index (χ0n) is 14.5. The number of ether oxygens (including phenoxy) is 2. The molecule has 136 valence electrons. The molecule has 2 fully saturated rings. The highest BCUT2D eigenvalue weighted by Gasteiger charge is 2.40. The standard InChI is InChI=1S/C18H25N3O4/c1-13-3-2-4-14(11-13)15(20-17(19)23)12-16(22)21-7-5-18(6-8-21)24-9-10-25-18/h2-4,11,15H,5-10,12H2,1H3,(H3,19,20,23)/t15-/m1/s1. The van der Waals surface area contributed by atoms with Gasteiger partial charge in [0.05, 0.1) is 25.7 Å². The molecule has 0 saturated carbocycles. The van der Waals surface area contributed by atoms with E-state index in [0.717, 1.165) is 11.1 Å². The van der Waals surface area contributed by atoms with Crippen LogP contribution in [0.25, 0.3) is 0 Å². The molecule has 0 radical (unpaired) electrons. The Labute approximate surface area is 147 Å². The molecule has 25 heavy (non-hydrogen) atoms. The fraction of sp³-hybridized carbons (Fsp3) is 0.556. The van der Waals surface area contributed by atoms with Crippen LogP contribution in [0.4, 0.5) is 4.79 Å². The first-order chi connectivity index (χ1) is 12.0. The molecule has 0 aliphatic carbocycles. The predicted molar refractivity (Wildman–Crippen MR) is 91.7 cm³/mol. The quantitative estimate of drug-likeness (QED) is 0.862. The normalized spacial score (nSPS) is 20.4. The third-order valence-electron chi connectivity index (χ3n) is 4.83.